The molecule has 1 aliphatic rings. The monoisotopic (exact) mass is 392 g/mol. The fraction of sp³-hybridized carbons (Fsp3) is 0.263. The van der Waals surface area contributed by atoms with Gasteiger partial charge in [0, 0.05) is 25.2 Å². The second-order valence-corrected chi connectivity index (χ2v) is 6.88. The van der Waals surface area contributed by atoms with Crippen LogP contribution in [0.4, 0.5) is 5.69 Å². The number of carbonyl (C=O) groups excluding carboxylic acids is 2. The Hall–Kier alpha value is -2.24. The van der Waals surface area contributed by atoms with E-state index < -0.39 is 5.92 Å². The van der Waals surface area contributed by atoms with Gasteiger partial charge in [-0.15, -0.1) is 0 Å². The van der Waals surface area contributed by atoms with Gasteiger partial charge >= 0.3 is 0 Å². The van der Waals surface area contributed by atoms with Crippen molar-refractivity contribution in [3.63, 3.8) is 0 Å². The van der Waals surface area contributed by atoms with Gasteiger partial charge in [-0.1, -0.05) is 35.3 Å². The molecule has 0 bridgehead atoms. The summed E-state index contributed by atoms with van der Waals surface area (Å²) in [5.74, 6) is 0.124. The Bertz CT molecular complexity index is 824. The van der Waals surface area contributed by atoms with Gasteiger partial charge in [-0.3, -0.25) is 9.59 Å². The van der Waals surface area contributed by atoms with Gasteiger partial charge in [-0.05, 0) is 35.9 Å². The molecule has 3 rings (SSSR count). The minimum atomic E-state index is -0.393. The van der Waals surface area contributed by atoms with Crippen LogP contribution in [-0.4, -0.2) is 25.5 Å². The minimum absolute atomic E-state index is 0.104. The van der Waals surface area contributed by atoms with Crippen LogP contribution in [0.25, 0.3) is 0 Å². The van der Waals surface area contributed by atoms with Gasteiger partial charge in [0.1, 0.15) is 5.75 Å². The molecule has 0 aromatic heterocycles. The number of benzene rings is 2. The van der Waals surface area contributed by atoms with E-state index >= 15 is 0 Å². The van der Waals surface area contributed by atoms with E-state index in [0.717, 1.165) is 11.3 Å². The highest BCUT2D eigenvalue weighted by Gasteiger charge is 2.35. The molecule has 1 heterocycles. The number of carbonyl (C=O) groups is 2. The number of nitrogens with one attached hydrogen (secondary N) is 1. The summed E-state index contributed by atoms with van der Waals surface area (Å²) < 4.78 is 5.11. The highest BCUT2D eigenvalue weighted by molar-refractivity contribution is 6.42. The maximum Gasteiger partial charge on any atom is 0.227 e. The molecule has 1 saturated heterocycles. The van der Waals surface area contributed by atoms with Crippen molar-refractivity contribution in [1.29, 1.82) is 0 Å². The lowest BCUT2D eigenvalue weighted by atomic mass is 10.1. The second-order valence-electron chi connectivity index (χ2n) is 6.07. The van der Waals surface area contributed by atoms with E-state index in [0.29, 0.717) is 28.8 Å². The molecule has 0 unspecified atom stereocenters. The fourth-order valence-corrected chi connectivity index (χ4v) is 3.15. The zero-order valence-electron chi connectivity index (χ0n) is 14.2. The van der Waals surface area contributed by atoms with E-state index in [4.69, 9.17) is 27.9 Å². The van der Waals surface area contributed by atoms with E-state index in [1.165, 1.54) is 0 Å². The minimum Gasteiger partial charge on any atom is -0.497 e. The molecule has 0 radical (unpaired) electrons. The summed E-state index contributed by atoms with van der Waals surface area (Å²) in [6.45, 7) is 0.728. The zero-order chi connectivity index (χ0) is 18.7. The molecule has 1 atom stereocenters. The first-order chi connectivity index (χ1) is 12.5. The van der Waals surface area contributed by atoms with Gasteiger partial charge in [0.05, 0.1) is 23.1 Å². The average molecular weight is 393 g/mol. The van der Waals surface area contributed by atoms with Crippen LogP contribution < -0.4 is 15.0 Å². The first kappa shape index (κ1) is 18.5. The summed E-state index contributed by atoms with van der Waals surface area (Å²) in [5, 5.41) is 3.69. The van der Waals surface area contributed by atoms with Crippen molar-refractivity contribution in [3.05, 3.63) is 58.1 Å². The highest BCUT2D eigenvalue weighted by atomic mass is 35.5. The molecule has 136 valence electrons. The molecule has 0 spiro atoms. The van der Waals surface area contributed by atoms with Crippen LogP contribution in [0.15, 0.2) is 42.5 Å². The normalized spacial score (nSPS) is 16.7. The molecular weight excluding hydrogens is 375 g/mol. The number of hydrogen-bond acceptors (Lipinski definition) is 3. The molecule has 5 nitrogen and oxygen atoms in total. The quantitative estimate of drug-likeness (QED) is 0.844. The average Bonchev–Trinajstić information content (AvgIpc) is 3.04. The molecule has 2 aromatic carbocycles. The van der Waals surface area contributed by atoms with E-state index in [9.17, 15) is 9.59 Å². The maximum absolute atomic E-state index is 12.4. The number of rotatable bonds is 5. The molecule has 0 saturated carbocycles. The molecule has 2 aromatic rings. The summed E-state index contributed by atoms with van der Waals surface area (Å²) in [5.41, 5.74) is 1.61. The van der Waals surface area contributed by atoms with Gasteiger partial charge in [0.25, 0.3) is 0 Å². The van der Waals surface area contributed by atoms with Crippen molar-refractivity contribution >= 4 is 40.7 Å². The Labute approximate surface area is 161 Å². The third-order valence-corrected chi connectivity index (χ3v) is 5.08. The summed E-state index contributed by atoms with van der Waals surface area (Å²) in [6, 6.07) is 12.5. The lowest BCUT2D eigenvalue weighted by molar-refractivity contribution is -0.126. The highest BCUT2D eigenvalue weighted by Crippen LogP contribution is 2.31. The van der Waals surface area contributed by atoms with Gasteiger partial charge in [0.2, 0.25) is 11.8 Å². The zero-order valence-corrected chi connectivity index (χ0v) is 15.7. The third-order valence-electron chi connectivity index (χ3n) is 4.34. The van der Waals surface area contributed by atoms with Crippen molar-refractivity contribution in [2.45, 2.75) is 13.0 Å². The Morgan fingerprint density at radius 3 is 2.58 bits per heavy atom. The van der Waals surface area contributed by atoms with E-state index in [-0.39, 0.29) is 18.2 Å². The predicted octanol–water partition coefficient (Wildman–Crippen LogP) is 3.67. The van der Waals surface area contributed by atoms with Crippen molar-refractivity contribution in [3.8, 4) is 5.75 Å². The molecule has 1 fully saturated rings. The Balaban J connectivity index is 1.60. The van der Waals surface area contributed by atoms with Gasteiger partial charge < -0.3 is 15.0 Å². The number of hydrogen-bond donors (Lipinski definition) is 1. The Morgan fingerprint density at radius 1 is 1.19 bits per heavy atom. The lowest BCUT2D eigenvalue weighted by Gasteiger charge is -2.17. The Kier molecular flexibility index (Phi) is 5.69. The van der Waals surface area contributed by atoms with Crippen molar-refractivity contribution in [1.82, 2.24) is 5.32 Å². The van der Waals surface area contributed by atoms with E-state index in [1.807, 2.05) is 24.3 Å². The van der Waals surface area contributed by atoms with Crippen molar-refractivity contribution in [2.24, 2.45) is 5.92 Å². The summed E-state index contributed by atoms with van der Waals surface area (Å²) in [7, 11) is 1.60. The fourth-order valence-electron chi connectivity index (χ4n) is 2.86. The standard InChI is InChI=1S/C19H18Cl2N2O3/c1-26-15-5-2-12(3-6-15)10-22-19(25)13-8-18(24)23(11-13)14-4-7-16(20)17(21)9-14/h2-7,9,13H,8,10-11H2,1H3,(H,22,25)/t13-/m1/s1. The van der Waals surface area contributed by atoms with E-state index in [1.54, 1.807) is 30.2 Å². The molecule has 26 heavy (non-hydrogen) atoms. The SMILES string of the molecule is COc1ccc(CNC(=O)[C@@H]2CC(=O)N(c3ccc(Cl)c(Cl)c3)C2)cc1. The van der Waals surface area contributed by atoms with Crippen LogP contribution in [0.2, 0.25) is 10.0 Å². The smallest absolute Gasteiger partial charge is 0.227 e. The lowest BCUT2D eigenvalue weighted by Crippen LogP contribution is -2.32. The van der Waals surface area contributed by atoms with Crippen LogP contribution in [0.3, 0.4) is 0 Å². The molecule has 2 amide bonds. The summed E-state index contributed by atoms with van der Waals surface area (Å²) in [6.07, 6.45) is 0.175. The number of amides is 2. The number of ether oxygens (including phenoxy) is 1. The van der Waals surface area contributed by atoms with Crippen LogP contribution in [0.1, 0.15) is 12.0 Å². The van der Waals surface area contributed by atoms with Crippen LogP contribution >= 0.6 is 23.2 Å². The first-order valence-electron chi connectivity index (χ1n) is 8.14. The molecular formula is C19H18Cl2N2O3. The molecule has 1 N–H and O–H groups in total. The first-order valence-corrected chi connectivity index (χ1v) is 8.89. The van der Waals surface area contributed by atoms with Crippen molar-refractivity contribution < 1.29 is 14.3 Å². The van der Waals surface area contributed by atoms with Crippen LogP contribution in [0, 0.1) is 5.92 Å². The van der Waals surface area contributed by atoms with Crippen molar-refractivity contribution in [2.75, 3.05) is 18.6 Å². The van der Waals surface area contributed by atoms with Crippen LogP contribution in [-0.2, 0) is 16.1 Å². The van der Waals surface area contributed by atoms with Gasteiger partial charge in [0.15, 0.2) is 0 Å². The number of anilines is 1. The van der Waals surface area contributed by atoms with E-state index in [2.05, 4.69) is 5.32 Å². The van der Waals surface area contributed by atoms with Gasteiger partial charge in [-0.2, -0.15) is 0 Å². The largest absolute Gasteiger partial charge is 0.497 e. The summed E-state index contributed by atoms with van der Waals surface area (Å²) in [4.78, 5) is 26.3. The maximum atomic E-state index is 12.4. The topological polar surface area (TPSA) is 58.6 Å². The molecule has 0 aliphatic carbocycles. The van der Waals surface area contributed by atoms with Gasteiger partial charge in [-0.25, -0.2) is 0 Å². The summed E-state index contributed by atoms with van der Waals surface area (Å²) >= 11 is 11.9. The number of halogens is 2. The van der Waals surface area contributed by atoms with Crippen LogP contribution in [0.5, 0.6) is 5.75 Å². The molecule has 7 heteroatoms. The Morgan fingerprint density at radius 2 is 1.92 bits per heavy atom. The number of nitrogens with zero attached hydrogens (tertiary/aromatic N) is 1. The predicted molar refractivity (Wildman–Crippen MR) is 102 cm³/mol. The second kappa shape index (κ2) is 7.98. The third kappa shape index (κ3) is 4.11. The molecule has 1 aliphatic heterocycles. The number of methoxy groups -OCH3 is 1.